The summed E-state index contributed by atoms with van der Waals surface area (Å²) in [6.07, 6.45) is 6.26. The van der Waals surface area contributed by atoms with Crippen LogP contribution in [0.4, 0.5) is 0 Å². The van der Waals surface area contributed by atoms with Gasteiger partial charge in [0.1, 0.15) is 0 Å². The van der Waals surface area contributed by atoms with E-state index in [0.29, 0.717) is 5.75 Å². The van der Waals surface area contributed by atoms with Crippen LogP contribution in [0.5, 0.6) is 0 Å². The number of aryl methyl sites for hydroxylation is 2. The van der Waals surface area contributed by atoms with E-state index in [1.54, 1.807) is 13.8 Å². The molecule has 2 rings (SSSR count). The number of unbranched alkanes of at least 4 members (excludes halogenated alkanes) is 4. The van der Waals surface area contributed by atoms with E-state index in [9.17, 15) is 8.42 Å². The van der Waals surface area contributed by atoms with Crippen molar-refractivity contribution in [3.8, 4) is 0 Å². The van der Waals surface area contributed by atoms with Crippen LogP contribution in [0.15, 0.2) is 30.3 Å². The zero-order valence-corrected chi connectivity index (χ0v) is 15.9. The molecule has 0 aliphatic carbocycles. The molecule has 4 heteroatoms. The maximum absolute atomic E-state index is 11.8. The van der Waals surface area contributed by atoms with Crippen LogP contribution in [-0.4, -0.2) is 24.4 Å². The van der Waals surface area contributed by atoms with Gasteiger partial charge >= 0.3 is 0 Å². The zero-order chi connectivity index (χ0) is 17.6. The van der Waals surface area contributed by atoms with Gasteiger partial charge in [0.25, 0.3) is 0 Å². The molecule has 1 heterocycles. The minimum Gasteiger partial charge on any atom is -0.253 e. The normalized spacial score (nSPS) is 12.2. The molecule has 1 aromatic heterocycles. The topological polar surface area (TPSA) is 47.0 Å². The zero-order valence-electron chi connectivity index (χ0n) is 15.1. The third kappa shape index (κ3) is 5.30. The minimum atomic E-state index is -2.87. The van der Waals surface area contributed by atoms with Crippen molar-refractivity contribution in [1.82, 2.24) is 4.98 Å². The third-order valence-electron chi connectivity index (χ3n) is 4.52. The van der Waals surface area contributed by atoms with Crippen LogP contribution in [0, 0.1) is 6.92 Å². The fourth-order valence-electron chi connectivity index (χ4n) is 2.99. The number of nitrogens with zero attached hydrogens (tertiary/aromatic N) is 1. The van der Waals surface area contributed by atoms with Gasteiger partial charge < -0.3 is 0 Å². The number of benzene rings is 1. The van der Waals surface area contributed by atoms with Crippen molar-refractivity contribution in [1.29, 1.82) is 0 Å². The first-order chi connectivity index (χ1) is 11.4. The monoisotopic (exact) mass is 347 g/mol. The molecule has 0 amide bonds. The Morgan fingerprint density at radius 3 is 2.42 bits per heavy atom. The number of sulfone groups is 1. The summed E-state index contributed by atoms with van der Waals surface area (Å²) < 4.78 is 23.5. The van der Waals surface area contributed by atoms with Gasteiger partial charge in [0.2, 0.25) is 0 Å². The smallest absolute Gasteiger partial charge is 0.152 e. The second kappa shape index (κ2) is 8.61. The summed E-state index contributed by atoms with van der Waals surface area (Å²) in [7, 11) is -2.87. The second-order valence-electron chi connectivity index (χ2n) is 6.87. The number of aromatic nitrogens is 1. The molecule has 1 aromatic carbocycles. The van der Waals surface area contributed by atoms with Gasteiger partial charge in [-0.15, -0.1) is 0 Å². The number of pyridine rings is 1. The summed E-state index contributed by atoms with van der Waals surface area (Å²) in [5.74, 6) is 0.332. The Balaban J connectivity index is 1.76. The van der Waals surface area contributed by atoms with Gasteiger partial charge in [0.15, 0.2) is 9.84 Å². The lowest BCUT2D eigenvalue weighted by Gasteiger charge is -2.09. The molecule has 24 heavy (non-hydrogen) atoms. The molecule has 0 aliphatic rings. The van der Waals surface area contributed by atoms with Crippen molar-refractivity contribution in [2.75, 3.05) is 5.75 Å². The SMILES string of the molecule is Cc1cc(CCCCCCCS(=O)(=O)C(C)C)c2ccccc2n1. The van der Waals surface area contributed by atoms with Crippen LogP contribution in [0.25, 0.3) is 10.9 Å². The molecule has 0 N–H and O–H groups in total. The lowest BCUT2D eigenvalue weighted by molar-refractivity contribution is 0.577. The summed E-state index contributed by atoms with van der Waals surface area (Å²) in [5.41, 5.74) is 3.52. The summed E-state index contributed by atoms with van der Waals surface area (Å²) >= 11 is 0. The number of rotatable bonds is 9. The number of hydrogen-bond acceptors (Lipinski definition) is 3. The first-order valence-corrected chi connectivity index (χ1v) is 10.7. The molecule has 0 fully saturated rings. The van der Waals surface area contributed by atoms with Crippen molar-refractivity contribution >= 4 is 20.7 Å². The molecule has 0 saturated heterocycles. The molecular weight excluding hydrogens is 318 g/mol. The number of hydrogen-bond donors (Lipinski definition) is 0. The molecule has 0 atom stereocenters. The lowest BCUT2D eigenvalue weighted by atomic mass is 10.0. The fourth-order valence-corrected chi connectivity index (χ4v) is 4.06. The largest absolute Gasteiger partial charge is 0.253 e. The molecule has 132 valence electrons. The predicted octanol–water partition coefficient (Wildman–Crippen LogP) is 4.86. The summed E-state index contributed by atoms with van der Waals surface area (Å²) in [6.45, 7) is 5.57. The number of fused-ring (bicyclic) bond motifs is 1. The summed E-state index contributed by atoms with van der Waals surface area (Å²) in [5, 5.41) is 1.01. The van der Waals surface area contributed by atoms with Crippen LogP contribution in [0.1, 0.15) is 57.2 Å². The van der Waals surface area contributed by atoms with Crippen molar-refractivity contribution < 1.29 is 8.42 Å². The Morgan fingerprint density at radius 2 is 1.67 bits per heavy atom. The second-order valence-corrected chi connectivity index (χ2v) is 9.55. The molecule has 0 saturated carbocycles. The molecule has 0 unspecified atom stereocenters. The van der Waals surface area contributed by atoms with Gasteiger partial charge in [-0.05, 0) is 57.7 Å². The van der Waals surface area contributed by atoms with Crippen molar-refractivity contribution in [2.24, 2.45) is 0 Å². The van der Waals surface area contributed by atoms with Crippen LogP contribution < -0.4 is 0 Å². The first-order valence-electron chi connectivity index (χ1n) is 8.97. The maximum Gasteiger partial charge on any atom is 0.152 e. The van der Waals surface area contributed by atoms with E-state index in [1.807, 2.05) is 13.0 Å². The Labute approximate surface area is 146 Å². The Bertz CT molecular complexity index is 766. The maximum atomic E-state index is 11.8. The van der Waals surface area contributed by atoms with Gasteiger partial charge in [0.05, 0.1) is 16.5 Å². The number of para-hydroxylation sites is 1. The molecule has 2 aromatic rings. The highest BCUT2D eigenvalue weighted by Crippen LogP contribution is 2.20. The van der Waals surface area contributed by atoms with Gasteiger partial charge in [-0.1, -0.05) is 37.5 Å². The van der Waals surface area contributed by atoms with Crippen LogP contribution >= 0.6 is 0 Å². The van der Waals surface area contributed by atoms with E-state index >= 15 is 0 Å². The van der Waals surface area contributed by atoms with E-state index < -0.39 is 9.84 Å². The predicted molar refractivity (Wildman–Crippen MR) is 102 cm³/mol. The quantitative estimate of drug-likeness (QED) is 0.609. The molecule has 0 spiro atoms. The lowest BCUT2D eigenvalue weighted by Crippen LogP contribution is -2.17. The average Bonchev–Trinajstić information content (AvgIpc) is 2.53. The molecule has 0 radical (unpaired) electrons. The summed E-state index contributed by atoms with van der Waals surface area (Å²) in [4.78, 5) is 4.59. The Hall–Kier alpha value is -1.42. The molecule has 0 aliphatic heterocycles. The molecular formula is C20H29NO2S. The molecule has 3 nitrogen and oxygen atoms in total. The highest BCUT2D eigenvalue weighted by atomic mass is 32.2. The van der Waals surface area contributed by atoms with E-state index in [-0.39, 0.29) is 5.25 Å². The van der Waals surface area contributed by atoms with Crippen LogP contribution in [0.3, 0.4) is 0 Å². The van der Waals surface area contributed by atoms with Crippen molar-refractivity contribution in [3.05, 3.63) is 41.6 Å². The third-order valence-corrected chi connectivity index (χ3v) is 6.82. The highest BCUT2D eigenvalue weighted by Gasteiger charge is 2.14. The van der Waals surface area contributed by atoms with Gasteiger partial charge in [-0.2, -0.15) is 0 Å². The first kappa shape index (κ1) is 18.9. The van der Waals surface area contributed by atoms with E-state index in [4.69, 9.17) is 0 Å². The van der Waals surface area contributed by atoms with Crippen molar-refractivity contribution in [2.45, 2.75) is 64.5 Å². The van der Waals surface area contributed by atoms with Crippen LogP contribution in [-0.2, 0) is 16.3 Å². The summed E-state index contributed by atoms with van der Waals surface area (Å²) in [6, 6.07) is 10.5. The van der Waals surface area contributed by atoms with Crippen molar-refractivity contribution in [3.63, 3.8) is 0 Å². The van der Waals surface area contributed by atoms with E-state index in [1.165, 1.54) is 10.9 Å². The standard InChI is InChI=1S/C20H29NO2S/c1-16(2)24(22,23)14-10-6-4-5-7-11-18-15-17(3)21-20-13-9-8-12-19(18)20/h8-9,12-13,15-16H,4-7,10-11,14H2,1-3H3. The fraction of sp³-hybridized carbons (Fsp3) is 0.550. The van der Waals surface area contributed by atoms with Gasteiger partial charge in [0, 0.05) is 11.1 Å². The van der Waals surface area contributed by atoms with Crippen LogP contribution in [0.2, 0.25) is 0 Å². The van der Waals surface area contributed by atoms with Gasteiger partial charge in [-0.3, -0.25) is 4.98 Å². The highest BCUT2D eigenvalue weighted by molar-refractivity contribution is 7.91. The average molecular weight is 348 g/mol. The van der Waals surface area contributed by atoms with E-state index in [0.717, 1.165) is 49.7 Å². The van der Waals surface area contributed by atoms with Gasteiger partial charge in [-0.25, -0.2) is 8.42 Å². The Morgan fingerprint density at radius 1 is 1.00 bits per heavy atom. The molecule has 0 bridgehead atoms. The Kier molecular flexibility index (Phi) is 6.79. The minimum absolute atomic E-state index is 0.249. The van der Waals surface area contributed by atoms with E-state index in [2.05, 4.69) is 29.2 Å².